The summed E-state index contributed by atoms with van der Waals surface area (Å²) in [5.74, 6) is 0.147. The van der Waals surface area contributed by atoms with E-state index in [9.17, 15) is 9.59 Å². The van der Waals surface area contributed by atoms with Gasteiger partial charge in [-0.25, -0.2) is 0 Å². The Morgan fingerprint density at radius 2 is 2.00 bits per heavy atom. The monoisotopic (exact) mass is 305 g/mol. The van der Waals surface area contributed by atoms with Gasteiger partial charge in [-0.1, -0.05) is 5.16 Å². The molecule has 2 rings (SSSR count). The molecule has 0 radical (unpaired) electrons. The zero-order chi connectivity index (χ0) is 15.9. The van der Waals surface area contributed by atoms with Crippen LogP contribution in [0, 0.1) is 6.92 Å². The van der Waals surface area contributed by atoms with E-state index in [4.69, 9.17) is 14.4 Å². The standard InChI is InChI=1S/C14H15N3O5/c1-9-15-13(22-17-9)8-21-11-4-2-10(3-5-11)16-12(18)6-7-14(19)20/h2-5H,6-8H2,1H3,(H,16,18)(H,19,20). The van der Waals surface area contributed by atoms with Gasteiger partial charge in [0, 0.05) is 12.1 Å². The third-order valence-corrected chi connectivity index (χ3v) is 2.64. The molecule has 0 aliphatic carbocycles. The second-order valence-electron chi connectivity index (χ2n) is 4.49. The minimum Gasteiger partial charge on any atom is -0.484 e. The maximum absolute atomic E-state index is 11.5. The number of amides is 1. The Balaban J connectivity index is 1.82. The van der Waals surface area contributed by atoms with Gasteiger partial charge >= 0.3 is 5.97 Å². The summed E-state index contributed by atoms with van der Waals surface area (Å²) in [4.78, 5) is 25.9. The van der Waals surface area contributed by atoms with Crippen molar-refractivity contribution in [2.24, 2.45) is 0 Å². The number of nitrogens with one attached hydrogen (secondary N) is 1. The topological polar surface area (TPSA) is 115 Å². The molecule has 8 heteroatoms. The van der Waals surface area contributed by atoms with Crippen LogP contribution in [0.5, 0.6) is 5.75 Å². The van der Waals surface area contributed by atoms with E-state index in [1.807, 2.05) is 0 Å². The average molecular weight is 305 g/mol. The molecular formula is C14H15N3O5. The lowest BCUT2D eigenvalue weighted by molar-refractivity contribution is -0.138. The van der Waals surface area contributed by atoms with Crippen LogP contribution in [-0.4, -0.2) is 27.1 Å². The number of carboxylic acids is 1. The van der Waals surface area contributed by atoms with E-state index in [0.717, 1.165) is 0 Å². The van der Waals surface area contributed by atoms with Crippen molar-refractivity contribution in [3.05, 3.63) is 36.0 Å². The lowest BCUT2D eigenvalue weighted by Crippen LogP contribution is -2.13. The van der Waals surface area contributed by atoms with Crippen LogP contribution in [0.2, 0.25) is 0 Å². The van der Waals surface area contributed by atoms with Gasteiger partial charge in [-0.3, -0.25) is 9.59 Å². The Bertz CT molecular complexity index is 651. The van der Waals surface area contributed by atoms with E-state index < -0.39 is 5.97 Å². The van der Waals surface area contributed by atoms with E-state index in [2.05, 4.69) is 15.5 Å². The lowest BCUT2D eigenvalue weighted by Gasteiger charge is -2.06. The molecule has 0 fully saturated rings. The van der Waals surface area contributed by atoms with Gasteiger partial charge in [0.25, 0.3) is 5.89 Å². The third-order valence-electron chi connectivity index (χ3n) is 2.64. The highest BCUT2D eigenvalue weighted by Crippen LogP contribution is 2.17. The molecule has 0 spiro atoms. The quantitative estimate of drug-likeness (QED) is 0.800. The molecule has 0 unspecified atom stereocenters. The van der Waals surface area contributed by atoms with Gasteiger partial charge in [0.2, 0.25) is 5.91 Å². The number of aryl methyl sites for hydroxylation is 1. The summed E-state index contributed by atoms with van der Waals surface area (Å²) in [6.07, 6.45) is -0.263. The highest BCUT2D eigenvalue weighted by Gasteiger charge is 2.07. The number of aromatic nitrogens is 2. The van der Waals surface area contributed by atoms with Crippen LogP contribution in [-0.2, 0) is 16.2 Å². The fraction of sp³-hybridized carbons (Fsp3) is 0.286. The van der Waals surface area contributed by atoms with Crippen LogP contribution in [0.15, 0.2) is 28.8 Å². The fourth-order valence-electron chi connectivity index (χ4n) is 1.62. The molecule has 1 amide bonds. The first-order chi connectivity index (χ1) is 10.5. The van der Waals surface area contributed by atoms with Gasteiger partial charge < -0.3 is 19.7 Å². The second kappa shape index (κ2) is 7.21. The summed E-state index contributed by atoms with van der Waals surface area (Å²) in [7, 11) is 0. The lowest BCUT2D eigenvalue weighted by atomic mass is 10.2. The predicted octanol–water partition coefficient (Wildman–Crippen LogP) is 1.76. The summed E-state index contributed by atoms with van der Waals surface area (Å²) in [6.45, 7) is 1.87. The molecule has 0 bridgehead atoms. The van der Waals surface area contributed by atoms with Crippen molar-refractivity contribution in [3.8, 4) is 5.75 Å². The summed E-state index contributed by atoms with van der Waals surface area (Å²) in [5, 5.41) is 14.8. The Kier molecular flexibility index (Phi) is 5.07. The normalized spacial score (nSPS) is 10.2. The van der Waals surface area contributed by atoms with Crippen molar-refractivity contribution in [1.29, 1.82) is 0 Å². The molecule has 0 aliphatic heterocycles. The molecule has 1 heterocycles. The van der Waals surface area contributed by atoms with Gasteiger partial charge in [-0.15, -0.1) is 0 Å². The number of rotatable bonds is 7. The van der Waals surface area contributed by atoms with E-state index in [-0.39, 0.29) is 25.4 Å². The molecule has 22 heavy (non-hydrogen) atoms. The van der Waals surface area contributed by atoms with Crippen molar-refractivity contribution in [2.45, 2.75) is 26.4 Å². The molecule has 2 aromatic rings. The van der Waals surface area contributed by atoms with Crippen molar-refractivity contribution in [2.75, 3.05) is 5.32 Å². The number of nitrogens with zero attached hydrogens (tertiary/aromatic N) is 2. The highest BCUT2D eigenvalue weighted by atomic mass is 16.5. The van der Waals surface area contributed by atoms with Crippen molar-refractivity contribution >= 4 is 17.6 Å². The average Bonchev–Trinajstić information content (AvgIpc) is 2.90. The van der Waals surface area contributed by atoms with Gasteiger partial charge in [-0.05, 0) is 31.2 Å². The number of benzene rings is 1. The number of ether oxygens (including phenoxy) is 1. The Hall–Kier alpha value is -2.90. The van der Waals surface area contributed by atoms with E-state index in [1.165, 1.54) is 0 Å². The van der Waals surface area contributed by atoms with Crippen molar-refractivity contribution in [1.82, 2.24) is 10.1 Å². The zero-order valence-corrected chi connectivity index (χ0v) is 11.9. The SMILES string of the molecule is Cc1noc(COc2ccc(NC(=O)CCC(=O)O)cc2)n1. The first-order valence-corrected chi connectivity index (χ1v) is 6.56. The summed E-state index contributed by atoms with van der Waals surface area (Å²) in [5.41, 5.74) is 0.566. The molecule has 116 valence electrons. The van der Waals surface area contributed by atoms with Crippen LogP contribution in [0.4, 0.5) is 5.69 Å². The van der Waals surface area contributed by atoms with Crippen LogP contribution < -0.4 is 10.1 Å². The minimum absolute atomic E-state index is 0.0654. The van der Waals surface area contributed by atoms with E-state index in [0.29, 0.717) is 23.2 Å². The smallest absolute Gasteiger partial charge is 0.303 e. The fourth-order valence-corrected chi connectivity index (χ4v) is 1.62. The maximum Gasteiger partial charge on any atom is 0.303 e. The summed E-state index contributed by atoms with van der Waals surface area (Å²) >= 11 is 0. The molecule has 0 saturated heterocycles. The van der Waals surface area contributed by atoms with E-state index >= 15 is 0 Å². The number of hydrogen-bond donors (Lipinski definition) is 2. The molecule has 2 N–H and O–H groups in total. The summed E-state index contributed by atoms with van der Waals surface area (Å²) in [6, 6.07) is 6.67. The Morgan fingerprint density at radius 3 is 2.59 bits per heavy atom. The van der Waals surface area contributed by atoms with Gasteiger partial charge in [0.05, 0.1) is 6.42 Å². The van der Waals surface area contributed by atoms with Crippen molar-refractivity contribution < 1.29 is 24.0 Å². The van der Waals surface area contributed by atoms with Gasteiger partial charge in [0.15, 0.2) is 12.4 Å². The zero-order valence-electron chi connectivity index (χ0n) is 11.9. The largest absolute Gasteiger partial charge is 0.484 e. The number of aliphatic carboxylic acids is 1. The first kappa shape index (κ1) is 15.5. The number of carbonyl (C=O) groups is 2. The summed E-state index contributed by atoms with van der Waals surface area (Å²) < 4.78 is 10.4. The molecule has 1 aromatic heterocycles. The molecular weight excluding hydrogens is 290 g/mol. The van der Waals surface area contributed by atoms with Crippen LogP contribution >= 0.6 is 0 Å². The highest BCUT2D eigenvalue weighted by molar-refractivity contribution is 5.92. The molecule has 0 aliphatic rings. The maximum atomic E-state index is 11.5. The van der Waals surface area contributed by atoms with Crippen LogP contribution in [0.1, 0.15) is 24.6 Å². The van der Waals surface area contributed by atoms with Crippen LogP contribution in [0.3, 0.4) is 0 Å². The minimum atomic E-state index is -1.00. The first-order valence-electron chi connectivity index (χ1n) is 6.56. The number of carbonyl (C=O) groups excluding carboxylic acids is 1. The second-order valence-corrected chi connectivity index (χ2v) is 4.49. The number of anilines is 1. The number of hydrogen-bond acceptors (Lipinski definition) is 6. The van der Waals surface area contributed by atoms with Gasteiger partial charge in [-0.2, -0.15) is 4.98 Å². The third kappa shape index (κ3) is 4.89. The van der Waals surface area contributed by atoms with Crippen LogP contribution in [0.25, 0.3) is 0 Å². The van der Waals surface area contributed by atoms with Gasteiger partial charge in [0.1, 0.15) is 5.75 Å². The Morgan fingerprint density at radius 1 is 1.27 bits per heavy atom. The molecule has 1 aromatic carbocycles. The molecule has 8 nitrogen and oxygen atoms in total. The number of carboxylic acid groups (broad SMARTS) is 1. The molecule has 0 saturated carbocycles. The van der Waals surface area contributed by atoms with Crippen molar-refractivity contribution in [3.63, 3.8) is 0 Å². The van der Waals surface area contributed by atoms with E-state index in [1.54, 1.807) is 31.2 Å². The predicted molar refractivity (Wildman–Crippen MR) is 75.3 cm³/mol. The Labute approximate surface area is 126 Å². The molecule has 0 atom stereocenters.